The molecule has 0 aliphatic rings. The average molecular weight is 609 g/mol. The Labute approximate surface area is 245 Å². The SMILES string of the molecule is COC(=O)c1cc(C(=O)OC)cc(S(=O)(=O)[O-])c1.COC(=O)c1ccc(C[PH+](c2ccccc2)c2ccccc2)cc1. The molecular formula is C31H29O9PS. The molecule has 0 amide bonds. The predicted molar refractivity (Wildman–Crippen MR) is 159 cm³/mol. The zero-order valence-electron chi connectivity index (χ0n) is 23.1. The third kappa shape index (κ3) is 8.81. The monoisotopic (exact) mass is 608 g/mol. The summed E-state index contributed by atoms with van der Waals surface area (Å²) in [6, 6.07) is 31.9. The van der Waals surface area contributed by atoms with Crippen LogP contribution in [0.3, 0.4) is 0 Å². The van der Waals surface area contributed by atoms with Crippen molar-refractivity contribution in [2.45, 2.75) is 11.1 Å². The Morgan fingerprint density at radius 3 is 1.40 bits per heavy atom. The van der Waals surface area contributed by atoms with Gasteiger partial charge in [0.1, 0.15) is 10.1 Å². The Morgan fingerprint density at radius 1 is 0.619 bits per heavy atom. The number of carbonyl (C=O) groups is 3. The Bertz CT molecular complexity index is 1550. The van der Waals surface area contributed by atoms with Crippen LogP contribution in [0.5, 0.6) is 0 Å². The van der Waals surface area contributed by atoms with Gasteiger partial charge >= 0.3 is 17.9 Å². The van der Waals surface area contributed by atoms with Crippen LogP contribution in [0.4, 0.5) is 0 Å². The molecule has 0 aliphatic carbocycles. The largest absolute Gasteiger partial charge is 0.744 e. The first-order valence-electron chi connectivity index (χ1n) is 12.5. The highest BCUT2D eigenvalue weighted by Gasteiger charge is 2.22. The lowest BCUT2D eigenvalue weighted by Gasteiger charge is -2.11. The highest BCUT2D eigenvalue weighted by molar-refractivity contribution is 7.85. The van der Waals surface area contributed by atoms with Gasteiger partial charge in [-0.25, -0.2) is 22.8 Å². The molecule has 0 atom stereocenters. The van der Waals surface area contributed by atoms with Gasteiger partial charge in [-0.05, 0) is 60.2 Å². The van der Waals surface area contributed by atoms with Crippen LogP contribution < -0.4 is 10.6 Å². The molecule has 42 heavy (non-hydrogen) atoms. The molecule has 0 N–H and O–H groups in total. The Balaban J connectivity index is 0.000000241. The summed E-state index contributed by atoms with van der Waals surface area (Å²) in [5.41, 5.74) is 1.38. The van der Waals surface area contributed by atoms with Crippen molar-refractivity contribution in [3.8, 4) is 0 Å². The average Bonchev–Trinajstić information content (AvgIpc) is 3.03. The molecule has 0 spiro atoms. The first-order valence-corrected chi connectivity index (χ1v) is 15.6. The van der Waals surface area contributed by atoms with E-state index in [1.54, 1.807) is 0 Å². The molecule has 0 heterocycles. The van der Waals surface area contributed by atoms with Crippen LogP contribution in [0.1, 0.15) is 36.6 Å². The number of carbonyl (C=O) groups excluding carboxylic acids is 3. The Morgan fingerprint density at radius 2 is 1.02 bits per heavy atom. The van der Waals surface area contributed by atoms with E-state index in [2.05, 4.69) is 70.1 Å². The molecule has 0 aliphatic heterocycles. The van der Waals surface area contributed by atoms with Crippen molar-refractivity contribution >= 4 is 46.6 Å². The van der Waals surface area contributed by atoms with E-state index in [9.17, 15) is 27.4 Å². The van der Waals surface area contributed by atoms with Gasteiger partial charge in [0.05, 0.1) is 67.6 Å². The third-order valence-corrected chi connectivity index (χ3v) is 9.67. The van der Waals surface area contributed by atoms with Gasteiger partial charge < -0.3 is 18.8 Å². The summed E-state index contributed by atoms with van der Waals surface area (Å²) in [6.45, 7) is 0. The van der Waals surface area contributed by atoms with Gasteiger partial charge in [-0.15, -0.1) is 0 Å². The summed E-state index contributed by atoms with van der Waals surface area (Å²) in [6.07, 6.45) is 0.986. The molecule has 4 rings (SSSR count). The van der Waals surface area contributed by atoms with Gasteiger partial charge in [0, 0.05) is 0 Å². The number of hydrogen-bond acceptors (Lipinski definition) is 9. The minimum absolute atomic E-state index is 0.227. The highest BCUT2D eigenvalue weighted by atomic mass is 32.2. The molecule has 9 nitrogen and oxygen atoms in total. The first kappa shape index (κ1) is 32.1. The number of rotatable bonds is 8. The predicted octanol–water partition coefficient (Wildman–Crippen LogP) is 4.00. The summed E-state index contributed by atoms with van der Waals surface area (Å²) in [7, 11) is -2.13. The number of methoxy groups -OCH3 is 3. The summed E-state index contributed by atoms with van der Waals surface area (Å²) < 4.78 is 46.2. The lowest BCUT2D eigenvalue weighted by molar-refractivity contribution is 0.0587. The fourth-order valence-electron chi connectivity index (χ4n) is 3.94. The van der Waals surface area contributed by atoms with Gasteiger partial charge in [-0.1, -0.05) is 48.5 Å². The van der Waals surface area contributed by atoms with Gasteiger partial charge in [0.2, 0.25) is 0 Å². The van der Waals surface area contributed by atoms with Crippen LogP contribution in [-0.4, -0.2) is 52.2 Å². The fourth-order valence-corrected chi connectivity index (χ4v) is 7.06. The third-order valence-electron chi connectivity index (χ3n) is 6.04. The van der Waals surface area contributed by atoms with Crippen LogP contribution >= 0.6 is 7.92 Å². The quantitative estimate of drug-likeness (QED) is 0.126. The Hall–Kier alpha value is -4.37. The molecule has 0 aromatic heterocycles. The lowest BCUT2D eigenvalue weighted by atomic mass is 10.1. The molecule has 0 saturated carbocycles. The standard InChI is InChI=1S/C21H19O2P.C10H10O7S/c1-23-21(22)18-14-12-17(13-15-18)16-24(19-8-4-2-5-9-19)20-10-6-3-7-11-20;1-16-9(11)6-3-7(10(12)17-2)5-8(4-6)18(13,14)15/h2-15H,16H2,1H3;3-5H,1-2H3,(H,13,14,15). The van der Waals surface area contributed by atoms with Crippen molar-refractivity contribution in [1.29, 1.82) is 0 Å². The first-order chi connectivity index (χ1) is 20.1. The van der Waals surface area contributed by atoms with Gasteiger partial charge in [0.15, 0.2) is 0 Å². The van der Waals surface area contributed by atoms with Crippen molar-refractivity contribution in [3.05, 3.63) is 125 Å². The van der Waals surface area contributed by atoms with Crippen molar-refractivity contribution in [2.24, 2.45) is 0 Å². The van der Waals surface area contributed by atoms with Gasteiger partial charge in [-0.3, -0.25) is 0 Å². The minimum Gasteiger partial charge on any atom is -0.744 e. The molecule has 4 aromatic carbocycles. The molecule has 11 heteroatoms. The normalized spacial score (nSPS) is 10.7. The Kier molecular flexibility index (Phi) is 11.5. The fraction of sp³-hybridized carbons (Fsp3) is 0.129. The smallest absolute Gasteiger partial charge is 0.337 e. The van der Waals surface area contributed by atoms with E-state index >= 15 is 0 Å². The molecule has 0 bridgehead atoms. The second kappa shape index (κ2) is 15.0. The summed E-state index contributed by atoms with van der Waals surface area (Å²) in [5.74, 6) is -2.03. The van der Waals surface area contributed by atoms with Crippen molar-refractivity contribution < 1.29 is 41.6 Å². The van der Waals surface area contributed by atoms with E-state index in [4.69, 9.17) is 4.74 Å². The summed E-state index contributed by atoms with van der Waals surface area (Å²) >= 11 is 0. The van der Waals surface area contributed by atoms with Crippen molar-refractivity contribution in [2.75, 3.05) is 21.3 Å². The van der Waals surface area contributed by atoms with Gasteiger partial charge in [0.25, 0.3) is 0 Å². The van der Waals surface area contributed by atoms with Crippen molar-refractivity contribution in [1.82, 2.24) is 0 Å². The number of ether oxygens (including phenoxy) is 3. The number of benzene rings is 4. The van der Waals surface area contributed by atoms with E-state index in [1.807, 2.05) is 24.3 Å². The maximum Gasteiger partial charge on any atom is 0.337 e. The van der Waals surface area contributed by atoms with Crippen LogP contribution in [0, 0.1) is 0 Å². The number of hydrogen-bond donors (Lipinski definition) is 0. The highest BCUT2D eigenvalue weighted by Crippen LogP contribution is 2.37. The molecule has 0 saturated heterocycles. The second-order valence-corrected chi connectivity index (χ2v) is 12.6. The second-order valence-electron chi connectivity index (χ2n) is 8.76. The molecule has 0 unspecified atom stereocenters. The van der Waals surface area contributed by atoms with Crippen LogP contribution in [-0.2, 0) is 30.5 Å². The van der Waals surface area contributed by atoms with E-state index in [0.717, 1.165) is 38.6 Å². The van der Waals surface area contributed by atoms with Crippen LogP contribution in [0.2, 0.25) is 0 Å². The lowest BCUT2D eigenvalue weighted by Crippen LogP contribution is -2.13. The molecule has 0 fully saturated rings. The number of esters is 3. The van der Waals surface area contributed by atoms with Gasteiger partial charge in [-0.2, -0.15) is 0 Å². The van der Waals surface area contributed by atoms with E-state index in [0.29, 0.717) is 5.56 Å². The zero-order chi connectivity index (χ0) is 30.7. The van der Waals surface area contributed by atoms with Crippen molar-refractivity contribution in [3.63, 3.8) is 0 Å². The minimum atomic E-state index is -4.80. The van der Waals surface area contributed by atoms with Crippen LogP contribution in [0.25, 0.3) is 0 Å². The topological polar surface area (TPSA) is 136 Å². The maximum atomic E-state index is 11.6. The van der Waals surface area contributed by atoms with E-state index in [1.165, 1.54) is 23.3 Å². The van der Waals surface area contributed by atoms with Crippen LogP contribution in [0.15, 0.2) is 108 Å². The molecule has 218 valence electrons. The molecule has 4 aromatic rings. The van der Waals surface area contributed by atoms with E-state index < -0.39 is 34.9 Å². The van der Waals surface area contributed by atoms with E-state index in [-0.39, 0.29) is 17.1 Å². The zero-order valence-corrected chi connectivity index (χ0v) is 24.9. The molecular weight excluding hydrogens is 579 g/mol. The maximum absolute atomic E-state index is 11.6. The summed E-state index contributed by atoms with van der Waals surface area (Å²) in [5, 5.41) is 2.79. The summed E-state index contributed by atoms with van der Waals surface area (Å²) in [4.78, 5) is 33.4. The molecule has 0 radical (unpaired) electrons.